The number of hydrogen-bond acceptors (Lipinski definition) is 3. The van der Waals surface area contributed by atoms with Gasteiger partial charge in [-0.05, 0) is 12.1 Å². The molecule has 0 amide bonds. The van der Waals surface area contributed by atoms with E-state index in [0.29, 0.717) is 6.47 Å². The maximum Gasteiger partial charge on any atom is 0.293 e. The van der Waals surface area contributed by atoms with Gasteiger partial charge in [0.15, 0.2) is 6.61 Å². The maximum absolute atomic E-state index is 9.85. The molecule has 0 atom stereocenters. The first-order chi connectivity index (χ1) is 5.86. The Balaban J connectivity index is 2.65. The first-order valence-corrected chi connectivity index (χ1v) is 3.43. The first kappa shape index (κ1) is 8.59. The molecule has 0 aliphatic heterocycles. The van der Waals surface area contributed by atoms with Gasteiger partial charge in [-0.3, -0.25) is 4.79 Å². The van der Waals surface area contributed by atoms with E-state index in [2.05, 4.69) is 4.74 Å². The molecule has 1 rings (SSSR count). The molecule has 0 aliphatic carbocycles. The maximum atomic E-state index is 9.85. The van der Waals surface area contributed by atoms with E-state index >= 15 is 0 Å². The molecular weight excluding hydrogens is 156 g/mol. The molecule has 0 saturated carbocycles. The van der Waals surface area contributed by atoms with Crippen molar-refractivity contribution >= 4 is 6.47 Å². The molecule has 1 aromatic rings. The number of methoxy groups -OCH3 is 1. The van der Waals surface area contributed by atoms with Crippen LogP contribution in [0.4, 0.5) is 0 Å². The van der Waals surface area contributed by atoms with Crippen molar-refractivity contribution in [2.45, 2.75) is 0 Å². The lowest BCUT2D eigenvalue weighted by Crippen LogP contribution is -1.88. The summed E-state index contributed by atoms with van der Waals surface area (Å²) in [5.41, 5.74) is 0.793. The van der Waals surface area contributed by atoms with E-state index in [-0.39, 0.29) is 0 Å². The molecule has 1 aromatic carbocycles. The Labute approximate surface area is 70.9 Å². The molecule has 0 aromatic heterocycles. The second-order valence-electron chi connectivity index (χ2n) is 2.13. The highest BCUT2D eigenvalue weighted by Crippen LogP contribution is 2.13. The molecule has 3 nitrogen and oxygen atoms in total. The van der Waals surface area contributed by atoms with Crippen LogP contribution < -0.4 is 4.74 Å². The fourth-order valence-corrected chi connectivity index (χ4v) is 0.821. The highest BCUT2D eigenvalue weighted by molar-refractivity contribution is 5.40. The molecule has 0 bridgehead atoms. The van der Waals surface area contributed by atoms with Gasteiger partial charge in [-0.25, -0.2) is 0 Å². The molecule has 0 heterocycles. The zero-order valence-electron chi connectivity index (χ0n) is 6.69. The van der Waals surface area contributed by atoms with Crippen LogP contribution in [0.3, 0.4) is 0 Å². The van der Waals surface area contributed by atoms with Crippen molar-refractivity contribution in [2.24, 2.45) is 0 Å². The van der Waals surface area contributed by atoms with Crippen molar-refractivity contribution in [1.82, 2.24) is 0 Å². The highest BCUT2D eigenvalue weighted by Gasteiger charge is 1.95. The van der Waals surface area contributed by atoms with Crippen LogP contribution in [-0.2, 0) is 9.53 Å². The average Bonchev–Trinajstić information content (AvgIpc) is 2.15. The fraction of sp³-hybridized carbons (Fsp3) is 0.111. The summed E-state index contributed by atoms with van der Waals surface area (Å²) in [5.74, 6) is 0.734. The minimum absolute atomic E-state index is 0.374. The zero-order valence-corrected chi connectivity index (χ0v) is 6.69. The number of carbonyl (C=O) groups excluding carboxylic acids is 1. The third-order valence-corrected chi connectivity index (χ3v) is 1.35. The average molecular weight is 165 g/mol. The zero-order chi connectivity index (χ0) is 8.81. The molecule has 0 aliphatic rings. The highest BCUT2D eigenvalue weighted by atomic mass is 16.5. The van der Waals surface area contributed by atoms with Crippen molar-refractivity contribution in [3.8, 4) is 5.75 Å². The van der Waals surface area contributed by atoms with Crippen LogP contribution >= 0.6 is 0 Å². The van der Waals surface area contributed by atoms with E-state index in [9.17, 15) is 4.79 Å². The summed E-state index contributed by atoms with van der Waals surface area (Å²) in [7, 11) is 1.58. The second kappa shape index (κ2) is 4.38. The van der Waals surface area contributed by atoms with Gasteiger partial charge in [-0.15, -0.1) is 0 Å². The lowest BCUT2D eigenvalue weighted by Gasteiger charge is -2.01. The van der Waals surface area contributed by atoms with Crippen molar-refractivity contribution in [2.75, 3.05) is 7.11 Å². The van der Waals surface area contributed by atoms with Gasteiger partial charge in [0.05, 0.1) is 7.11 Å². The number of benzene rings is 1. The molecule has 0 fully saturated rings. The van der Waals surface area contributed by atoms with Crippen molar-refractivity contribution < 1.29 is 14.3 Å². The Hall–Kier alpha value is -1.51. The van der Waals surface area contributed by atoms with Crippen LogP contribution in [0.1, 0.15) is 5.56 Å². The first-order valence-electron chi connectivity index (χ1n) is 3.43. The van der Waals surface area contributed by atoms with Crippen LogP contribution in [0.5, 0.6) is 5.75 Å². The predicted octanol–water partition coefficient (Wildman–Crippen LogP) is 1.38. The predicted molar refractivity (Wildman–Crippen MR) is 43.5 cm³/mol. The minimum Gasteiger partial charge on any atom is -0.497 e. The number of rotatable bonds is 4. The second-order valence-corrected chi connectivity index (χ2v) is 2.13. The monoisotopic (exact) mass is 165 g/mol. The Bertz CT molecular complexity index is 258. The van der Waals surface area contributed by atoms with Gasteiger partial charge in [0.25, 0.3) is 6.47 Å². The Morgan fingerprint density at radius 3 is 2.92 bits per heavy atom. The van der Waals surface area contributed by atoms with Gasteiger partial charge >= 0.3 is 0 Å². The number of ether oxygens (including phenoxy) is 2. The summed E-state index contributed by atoms with van der Waals surface area (Å²) in [6, 6.07) is 7.21. The Morgan fingerprint density at radius 2 is 2.25 bits per heavy atom. The molecule has 1 radical (unpaired) electrons. The van der Waals surface area contributed by atoms with Gasteiger partial charge in [0.1, 0.15) is 5.75 Å². The van der Waals surface area contributed by atoms with E-state index in [1.165, 1.54) is 6.61 Å². The summed E-state index contributed by atoms with van der Waals surface area (Å²) in [4.78, 5) is 9.85. The molecule has 3 heteroatoms. The van der Waals surface area contributed by atoms with Crippen LogP contribution in [0.15, 0.2) is 24.3 Å². The normalized spacial score (nSPS) is 9.08. The van der Waals surface area contributed by atoms with Crippen LogP contribution in [0, 0.1) is 6.61 Å². The molecule has 0 spiro atoms. The van der Waals surface area contributed by atoms with E-state index < -0.39 is 0 Å². The minimum atomic E-state index is 0.374. The quantitative estimate of drug-likeness (QED) is 0.632. The topological polar surface area (TPSA) is 35.5 Å². The van der Waals surface area contributed by atoms with Crippen molar-refractivity contribution in [3.63, 3.8) is 0 Å². The van der Waals surface area contributed by atoms with Gasteiger partial charge < -0.3 is 9.47 Å². The summed E-state index contributed by atoms with van der Waals surface area (Å²) < 4.78 is 9.43. The molecule has 0 saturated heterocycles. The lowest BCUT2D eigenvalue weighted by atomic mass is 10.2. The van der Waals surface area contributed by atoms with Gasteiger partial charge in [0, 0.05) is 5.56 Å². The van der Waals surface area contributed by atoms with Crippen LogP contribution in [0.2, 0.25) is 0 Å². The third kappa shape index (κ3) is 2.27. The fourth-order valence-electron chi connectivity index (χ4n) is 0.821. The largest absolute Gasteiger partial charge is 0.497 e. The summed E-state index contributed by atoms with van der Waals surface area (Å²) in [6.07, 6.45) is 0. The van der Waals surface area contributed by atoms with E-state index in [1.807, 2.05) is 18.2 Å². The van der Waals surface area contributed by atoms with E-state index in [1.54, 1.807) is 13.2 Å². The molecular formula is C9H9O3. The van der Waals surface area contributed by atoms with E-state index in [0.717, 1.165) is 11.3 Å². The van der Waals surface area contributed by atoms with Crippen LogP contribution in [0.25, 0.3) is 0 Å². The third-order valence-electron chi connectivity index (χ3n) is 1.35. The smallest absolute Gasteiger partial charge is 0.293 e. The molecule has 0 unspecified atom stereocenters. The van der Waals surface area contributed by atoms with Gasteiger partial charge in [0.2, 0.25) is 0 Å². The molecule has 0 N–H and O–H groups in total. The van der Waals surface area contributed by atoms with Gasteiger partial charge in [-0.1, -0.05) is 12.1 Å². The molecule has 63 valence electrons. The summed E-state index contributed by atoms with van der Waals surface area (Å²) >= 11 is 0. The number of hydrogen-bond donors (Lipinski definition) is 0. The number of carbonyl (C=O) groups is 1. The summed E-state index contributed by atoms with van der Waals surface area (Å²) in [6.45, 7) is 1.73. The van der Waals surface area contributed by atoms with E-state index in [4.69, 9.17) is 4.74 Å². The lowest BCUT2D eigenvalue weighted by molar-refractivity contribution is -0.125. The SMILES string of the molecule is COc1cccc([CH]OC=O)c1. The summed E-state index contributed by atoms with van der Waals surface area (Å²) in [5, 5.41) is 0. The van der Waals surface area contributed by atoms with Crippen molar-refractivity contribution in [1.29, 1.82) is 0 Å². The molecule has 12 heavy (non-hydrogen) atoms. The Kier molecular flexibility index (Phi) is 3.14. The van der Waals surface area contributed by atoms with Gasteiger partial charge in [-0.2, -0.15) is 0 Å². The standard InChI is InChI=1S/C9H9O3/c1-11-9-4-2-3-8(5-9)6-12-7-10/h2-7H,1H3. The van der Waals surface area contributed by atoms with Crippen molar-refractivity contribution in [3.05, 3.63) is 36.4 Å². The van der Waals surface area contributed by atoms with Crippen LogP contribution in [-0.4, -0.2) is 13.6 Å². The Morgan fingerprint density at radius 1 is 1.42 bits per heavy atom.